The third-order valence-corrected chi connectivity index (χ3v) is 2.92. The quantitative estimate of drug-likeness (QED) is 0.836. The van der Waals surface area contributed by atoms with Gasteiger partial charge in [0.2, 0.25) is 0 Å². The van der Waals surface area contributed by atoms with Gasteiger partial charge in [-0.3, -0.25) is 0 Å². The van der Waals surface area contributed by atoms with Gasteiger partial charge in [-0.2, -0.15) is 5.10 Å². The Bertz CT molecular complexity index is 539. The van der Waals surface area contributed by atoms with Gasteiger partial charge in [0.25, 0.3) is 0 Å². The highest BCUT2D eigenvalue weighted by atomic mass is 15.3. The van der Waals surface area contributed by atoms with Gasteiger partial charge < -0.3 is 10.6 Å². The average molecular weight is 256 g/mol. The SMILES string of the molecule is CCCN(Cc1cccc(N)c1)c1cc(C)cnn1. The number of rotatable bonds is 5. The fourth-order valence-corrected chi connectivity index (χ4v) is 2.06. The predicted octanol–water partition coefficient (Wildman–Crippen LogP) is 2.78. The number of hydrogen-bond acceptors (Lipinski definition) is 4. The normalized spacial score (nSPS) is 10.4. The van der Waals surface area contributed by atoms with Crippen LogP contribution in [0.15, 0.2) is 36.5 Å². The molecule has 19 heavy (non-hydrogen) atoms. The van der Waals surface area contributed by atoms with Gasteiger partial charge in [-0.05, 0) is 42.7 Å². The average Bonchev–Trinajstić information content (AvgIpc) is 2.38. The third-order valence-electron chi connectivity index (χ3n) is 2.92. The molecule has 4 nitrogen and oxygen atoms in total. The molecule has 0 unspecified atom stereocenters. The van der Waals surface area contributed by atoms with Gasteiger partial charge in [0, 0.05) is 18.8 Å². The lowest BCUT2D eigenvalue weighted by Gasteiger charge is -2.23. The predicted molar refractivity (Wildman–Crippen MR) is 79.0 cm³/mol. The van der Waals surface area contributed by atoms with Gasteiger partial charge in [0.15, 0.2) is 5.82 Å². The number of nitrogens with zero attached hydrogens (tertiary/aromatic N) is 3. The smallest absolute Gasteiger partial charge is 0.151 e. The number of benzene rings is 1. The molecule has 0 aliphatic rings. The van der Waals surface area contributed by atoms with Crippen molar-refractivity contribution in [3.63, 3.8) is 0 Å². The van der Waals surface area contributed by atoms with Crippen molar-refractivity contribution in [3.05, 3.63) is 47.7 Å². The number of aryl methyl sites for hydroxylation is 1. The van der Waals surface area contributed by atoms with Crippen molar-refractivity contribution in [2.45, 2.75) is 26.8 Å². The van der Waals surface area contributed by atoms with Crippen molar-refractivity contribution in [1.29, 1.82) is 0 Å². The van der Waals surface area contributed by atoms with E-state index in [4.69, 9.17) is 5.73 Å². The Labute approximate surface area is 114 Å². The summed E-state index contributed by atoms with van der Waals surface area (Å²) in [4.78, 5) is 2.23. The molecule has 0 aliphatic carbocycles. The van der Waals surface area contributed by atoms with Crippen LogP contribution in [0.3, 0.4) is 0 Å². The van der Waals surface area contributed by atoms with Crippen molar-refractivity contribution in [2.24, 2.45) is 0 Å². The van der Waals surface area contributed by atoms with Crippen LogP contribution in [0.25, 0.3) is 0 Å². The zero-order valence-electron chi connectivity index (χ0n) is 11.5. The van der Waals surface area contributed by atoms with Crippen LogP contribution >= 0.6 is 0 Å². The molecule has 1 heterocycles. The maximum atomic E-state index is 5.82. The Morgan fingerprint density at radius 3 is 2.79 bits per heavy atom. The molecule has 0 saturated carbocycles. The van der Waals surface area contributed by atoms with Crippen molar-refractivity contribution in [3.8, 4) is 0 Å². The molecule has 1 aromatic heterocycles. The van der Waals surface area contributed by atoms with Gasteiger partial charge in [0.05, 0.1) is 6.20 Å². The van der Waals surface area contributed by atoms with Crippen LogP contribution in [0.4, 0.5) is 11.5 Å². The molecule has 0 saturated heterocycles. The number of aromatic nitrogens is 2. The highest BCUT2D eigenvalue weighted by molar-refractivity contribution is 5.44. The Morgan fingerprint density at radius 1 is 1.26 bits per heavy atom. The summed E-state index contributed by atoms with van der Waals surface area (Å²) in [5.74, 6) is 0.921. The monoisotopic (exact) mass is 256 g/mol. The minimum Gasteiger partial charge on any atom is -0.399 e. The molecule has 0 spiro atoms. The van der Waals surface area contributed by atoms with E-state index in [0.717, 1.165) is 36.6 Å². The summed E-state index contributed by atoms with van der Waals surface area (Å²) in [6, 6.07) is 10.0. The van der Waals surface area contributed by atoms with E-state index in [-0.39, 0.29) is 0 Å². The molecule has 1 aromatic carbocycles. The van der Waals surface area contributed by atoms with Crippen LogP contribution in [0.2, 0.25) is 0 Å². The fourth-order valence-electron chi connectivity index (χ4n) is 2.06. The molecule has 2 aromatic rings. The van der Waals surface area contributed by atoms with E-state index in [0.29, 0.717) is 0 Å². The molecule has 0 bridgehead atoms. The molecule has 2 rings (SSSR count). The highest BCUT2D eigenvalue weighted by Crippen LogP contribution is 2.16. The van der Waals surface area contributed by atoms with E-state index in [2.05, 4.69) is 34.2 Å². The second kappa shape index (κ2) is 6.18. The van der Waals surface area contributed by atoms with Crippen LogP contribution in [-0.2, 0) is 6.54 Å². The van der Waals surface area contributed by atoms with Crippen molar-refractivity contribution in [1.82, 2.24) is 10.2 Å². The Balaban J connectivity index is 2.21. The van der Waals surface area contributed by atoms with Gasteiger partial charge in [0.1, 0.15) is 0 Å². The minimum atomic E-state index is 0.796. The van der Waals surface area contributed by atoms with Gasteiger partial charge in [-0.15, -0.1) is 5.10 Å². The van der Waals surface area contributed by atoms with Crippen LogP contribution < -0.4 is 10.6 Å². The lowest BCUT2D eigenvalue weighted by atomic mass is 10.2. The molecular weight excluding hydrogens is 236 g/mol. The molecule has 4 heteroatoms. The zero-order valence-corrected chi connectivity index (χ0v) is 11.5. The van der Waals surface area contributed by atoms with Crippen LogP contribution in [-0.4, -0.2) is 16.7 Å². The third kappa shape index (κ3) is 3.68. The number of nitrogens with two attached hydrogens (primary N) is 1. The molecule has 0 atom stereocenters. The standard InChI is InChI=1S/C15H20N4/c1-3-7-19(15-8-12(2)10-17-18-15)11-13-5-4-6-14(16)9-13/h4-6,8-10H,3,7,11,16H2,1-2H3. The lowest BCUT2D eigenvalue weighted by Crippen LogP contribution is -2.24. The maximum Gasteiger partial charge on any atom is 0.151 e. The van der Waals surface area contributed by atoms with E-state index >= 15 is 0 Å². The Hall–Kier alpha value is -2.10. The number of nitrogen functional groups attached to an aromatic ring is 1. The fraction of sp³-hybridized carbons (Fsp3) is 0.333. The van der Waals surface area contributed by atoms with E-state index < -0.39 is 0 Å². The molecule has 0 amide bonds. The van der Waals surface area contributed by atoms with Crippen molar-refractivity contribution >= 4 is 11.5 Å². The Morgan fingerprint density at radius 2 is 2.11 bits per heavy atom. The second-order valence-electron chi connectivity index (χ2n) is 4.76. The summed E-state index contributed by atoms with van der Waals surface area (Å²) in [5, 5.41) is 8.25. The first kappa shape index (κ1) is 13.3. The van der Waals surface area contributed by atoms with Crippen LogP contribution in [0, 0.1) is 6.92 Å². The van der Waals surface area contributed by atoms with E-state index in [1.165, 1.54) is 5.56 Å². The summed E-state index contributed by atoms with van der Waals surface area (Å²) >= 11 is 0. The summed E-state index contributed by atoms with van der Waals surface area (Å²) in [7, 11) is 0. The van der Waals surface area contributed by atoms with Gasteiger partial charge in [-0.25, -0.2) is 0 Å². The first-order valence-electron chi connectivity index (χ1n) is 6.57. The van der Waals surface area contributed by atoms with Crippen LogP contribution in [0.5, 0.6) is 0 Å². The van der Waals surface area contributed by atoms with Gasteiger partial charge in [-0.1, -0.05) is 19.1 Å². The van der Waals surface area contributed by atoms with Crippen molar-refractivity contribution < 1.29 is 0 Å². The van der Waals surface area contributed by atoms with Crippen LogP contribution in [0.1, 0.15) is 24.5 Å². The van der Waals surface area contributed by atoms with Crippen molar-refractivity contribution in [2.75, 3.05) is 17.2 Å². The second-order valence-corrected chi connectivity index (χ2v) is 4.76. The van der Waals surface area contributed by atoms with E-state index in [1.807, 2.05) is 25.1 Å². The maximum absolute atomic E-state index is 5.82. The summed E-state index contributed by atoms with van der Waals surface area (Å²) in [6.45, 7) is 5.95. The molecule has 2 N–H and O–H groups in total. The molecule has 0 fully saturated rings. The highest BCUT2D eigenvalue weighted by Gasteiger charge is 2.09. The summed E-state index contributed by atoms with van der Waals surface area (Å²) in [6.07, 6.45) is 2.84. The summed E-state index contributed by atoms with van der Waals surface area (Å²) in [5.41, 5.74) is 8.94. The lowest BCUT2D eigenvalue weighted by molar-refractivity contribution is 0.743. The molecule has 0 aliphatic heterocycles. The van der Waals surface area contributed by atoms with E-state index in [1.54, 1.807) is 6.20 Å². The topological polar surface area (TPSA) is 55.0 Å². The van der Waals surface area contributed by atoms with Gasteiger partial charge >= 0.3 is 0 Å². The molecule has 0 radical (unpaired) electrons. The summed E-state index contributed by atoms with van der Waals surface area (Å²) < 4.78 is 0. The first-order chi connectivity index (χ1) is 9.19. The minimum absolute atomic E-state index is 0.796. The first-order valence-corrected chi connectivity index (χ1v) is 6.57. The zero-order chi connectivity index (χ0) is 13.7. The molecular formula is C15H20N4. The number of hydrogen-bond donors (Lipinski definition) is 1. The molecule has 100 valence electrons. The largest absolute Gasteiger partial charge is 0.399 e. The Kier molecular flexibility index (Phi) is 4.34. The number of anilines is 2. The van der Waals surface area contributed by atoms with E-state index in [9.17, 15) is 0 Å².